The van der Waals surface area contributed by atoms with E-state index in [4.69, 9.17) is 11.6 Å². The minimum atomic E-state index is -0.482. The second kappa shape index (κ2) is 8.43. The molecule has 7 nitrogen and oxygen atoms in total. The molecule has 0 aliphatic heterocycles. The van der Waals surface area contributed by atoms with Gasteiger partial charge in [0.15, 0.2) is 11.2 Å². The normalized spacial score (nSPS) is 11.2. The molecule has 0 unspecified atom stereocenters. The lowest BCUT2D eigenvalue weighted by Gasteiger charge is -2.11. The summed E-state index contributed by atoms with van der Waals surface area (Å²) < 4.78 is 3.14. The summed E-state index contributed by atoms with van der Waals surface area (Å²) in [5.41, 5.74) is 0.650. The van der Waals surface area contributed by atoms with Crippen LogP contribution in [0.1, 0.15) is 38.2 Å². The third-order valence-corrected chi connectivity index (χ3v) is 4.98. The molecular formula is C19H24ClN5O2. The molecule has 2 N–H and O–H groups in total. The number of nitrogens with zero attached hydrogens (tertiary/aromatic N) is 3. The van der Waals surface area contributed by atoms with E-state index in [1.54, 1.807) is 11.6 Å². The fourth-order valence-electron chi connectivity index (χ4n) is 3.07. The third-order valence-electron chi connectivity index (χ3n) is 4.61. The molecule has 3 rings (SSSR count). The molecule has 0 amide bonds. The van der Waals surface area contributed by atoms with Gasteiger partial charge in [-0.05, 0) is 18.1 Å². The average Bonchev–Trinajstić information content (AvgIpc) is 3.00. The lowest BCUT2D eigenvalue weighted by atomic mass is 10.2. The molecule has 8 heteroatoms. The van der Waals surface area contributed by atoms with Crippen molar-refractivity contribution in [2.45, 2.75) is 39.2 Å². The van der Waals surface area contributed by atoms with Gasteiger partial charge in [0.25, 0.3) is 5.56 Å². The van der Waals surface area contributed by atoms with Gasteiger partial charge >= 0.3 is 5.69 Å². The molecule has 0 atom stereocenters. The van der Waals surface area contributed by atoms with Gasteiger partial charge in [-0.2, -0.15) is 4.98 Å². The van der Waals surface area contributed by atoms with E-state index < -0.39 is 11.2 Å². The zero-order valence-electron chi connectivity index (χ0n) is 15.6. The van der Waals surface area contributed by atoms with Gasteiger partial charge in [0.1, 0.15) is 0 Å². The van der Waals surface area contributed by atoms with E-state index in [0.29, 0.717) is 28.7 Å². The average molecular weight is 390 g/mol. The van der Waals surface area contributed by atoms with E-state index in [1.807, 2.05) is 24.3 Å². The number of rotatable bonds is 8. The number of hydrogen-bond donors (Lipinski definition) is 2. The second-order valence-electron chi connectivity index (χ2n) is 6.59. The smallest absolute Gasteiger partial charge is 0.329 e. The molecule has 0 saturated carbocycles. The SMILES string of the molecule is CCCCCCNc1nc2c(c(=O)[nH]c(=O)n2C)n1Cc1ccccc1Cl. The number of anilines is 1. The number of unbranched alkanes of at least 4 members (excludes halogenated alkanes) is 3. The molecule has 3 aromatic rings. The molecule has 2 aromatic heterocycles. The first kappa shape index (κ1) is 19.2. The maximum absolute atomic E-state index is 12.5. The first-order valence-electron chi connectivity index (χ1n) is 9.19. The van der Waals surface area contributed by atoms with Crippen LogP contribution in [0.2, 0.25) is 5.02 Å². The van der Waals surface area contributed by atoms with Crippen molar-refractivity contribution in [2.75, 3.05) is 11.9 Å². The van der Waals surface area contributed by atoms with Crippen LogP contribution in [0.5, 0.6) is 0 Å². The molecule has 144 valence electrons. The van der Waals surface area contributed by atoms with Gasteiger partial charge in [0.2, 0.25) is 5.95 Å². The van der Waals surface area contributed by atoms with Crippen molar-refractivity contribution < 1.29 is 0 Å². The molecule has 0 radical (unpaired) electrons. The van der Waals surface area contributed by atoms with Crippen molar-refractivity contribution in [3.05, 3.63) is 55.7 Å². The molecule has 0 saturated heterocycles. The van der Waals surface area contributed by atoms with Gasteiger partial charge in [-0.1, -0.05) is 56.0 Å². The largest absolute Gasteiger partial charge is 0.356 e. The van der Waals surface area contributed by atoms with E-state index in [0.717, 1.165) is 24.9 Å². The zero-order valence-corrected chi connectivity index (χ0v) is 16.3. The maximum atomic E-state index is 12.5. The highest BCUT2D eigenvalue weighted by molar-refractivity contribution is 6.31. The fourth-order valence-corrected chi connectivity index (χ4v) is 3.27. The predicted octanol–water partition coefficient (Wildman–Crippen LogP) is 3.12. The van der Waals surface area contributed by atoms with Crippen molar-refractivity contribution in [1.82, 2.24) is 19.1 Å². The Balaban J connectivity index is 2.03. The number of aryl methyl sites for hydroxylation is 1. The first-order valence-corrected chi connectivity index (χ1v) is 9.57. The maximum Gasteiger partial charge on any atom is 0.329 e. The van der Waals surface area contributed by atoms with E-state index >= 15 is 0 Å². The van der Waals surface area contributed by atoms with Gasteiger partial charge in [-0.3, -0.25) is 18.9 Å². The third kappa shape index (κ3) is 4.08. The van der Waals surface area contributed by atoms with Crippen LogP contribution in [-0.4, -0.2) is 25.6 Å². The summed E-state index contributed by atoms with van der Waals surface area (Å²) in [6.45, 7) is 3.30. The lowest BCUT2D eigenvalue weighted by molar-refractivity contribution is 0.680. The Bertz CT molecular complexity index is 1050. The van der Waals surface area contributed by atoms with Gasteiger partial charge in [-0.25, -0.2) is 4.79 Å². The Morgan fingerprint density at radius 2 is 1.96 bits per heavy atom. The molecule has 0 aliphatic rings. The summed E-state index contributed by atoms with van der Waals surface area (Å²) in [6, 6.07) is 7.49. The number of hydrogen-bond acceptors (Lipinski definition) is 4. The van der Waals surface area contributed by atoms with Crippen LogP contribution in [-0.2, 0) is 13.6 Å². The summed E-state index contributed by atoms with van der Waals surface area (Å²) >= 11 is 6.31. The number of imidazole rings is 1. The van der Waals surface area contributed by atoms with Crippen LogP contribution in [0, 0.1) is 0 Å². The summed E-state index contributed by atoms with van der Waals surface area (Å²) in [7, 11) is 1.60. The number of aromatic amines is 1. The van der Waals surface area contributed by atoms with Crippen molar-refractivity contribution in [3.8, 4) is 0 Å². The van der Waals surface area contributed by atoms with Gasteiger partial charge in [-0.15, -0.1) is 0 Å². The lowest BCUT2D eigenvalue weighted by Crippen LogP contribution is -2.29. The number of fused-ring (bicyclic) bond motifs is 1. The summed E-state index contributed by atoms with van der Waals surface area (Å²) in [5, 5.41) is 3.94. The van der Waals surface area contributed by atoms with Gasteiger partial charge < -0.3 is 5.32 Å². The molecule has 0 fully saturated rings. The molecule has 0 bridgehead atoms. The van der Waals surface area contributed by atoms with Gasteiger partial charge in [0.05, 0.1) is 6.54 Å². The molecule has 1 aromatic carbocycles. The fraction of sp³-hybridized carbons (Fsp3) is 0.421. The first-order chi connectivity index (χ1) is 13.0. The Morgan fingerprint density at radius 3 is 2.70 bits per heavy atom. The number of H-pyrrole nitrogens is 1. The van der Waals surface area contributed by atoms with Crippen LogP contribution in [0.4, 0.5) is 5.95 Å². The summed E-state index contributed by atoms with van der Waals surface area (Å²) in [5.74, 6) is 0.563. The Morgan fingerprint density at radius 1 is 1.19 bits per heavy atom. The highest BCUT2D eigenvalue weighted by Gasteiger charge is 2.18. The van der Waals surface area contributed by atoms with Crippen molar-refractivity contribution in [2.24, 2.45) is 7.05 Å². The Labute approximate surface area is 162 Å². The topological polar surface area (TPSA) is 84.7 Å². The van der Waals surface area contributed by atoms with Crippen LogP contribution in [0.25, 0.3) is 11.2 Å². The molecule has 27 heavy (non-hydrogen) atoms. The Kier molecular flexibility index (Phi) is 6.01. The van der Waals surface area contributed by atoms with E-state index in [-0.39, 0.29) is 0 Å². The highest BCUT2D eigenvalue weighted by Crippen LogP contribution is 2.22. The van der Waals surface area contributed by atoms with E-state index in [1.165, 1.54) is 17.4 Å². The zero-order chi connectivity index (χ0) is 19.4. The van der Waals surface area contributed by atoms with Crippen molar-refractivity contribution >= 4 is 28.7 Å². The van der Waals surface area contributed by atoms with Crippen molar-refractivity contribution in [3.63, 3.8) is 0 Å². The van der Waals surface area contributed by atoms with Crippen LogP contribution in [0.15, 0.2) is 33.9 Å². The predicted molar refractivity (Wildman–Crippen MR) is 109 cm³/mol. The van der Waals surface area contributed by atoms with E-state index in [2.05, 4.69) is 22.2 Å². The molecule has 2 heterocycles. The Hall–Kier alpha value is -2.54. The minimum absolute atomic E-state index is 0.354. The number of nitrogens with one attached hydrogen (secondary N) is 2. The molecular weight excluding hydrogens is 366 g/mol. The van der Waals surface area contributed by atoms with Crippen LogP contribution < -0.4 is 16.6 Å². The monoisotopic (exact) mass is 389 g/mol. The van der Waals surface area contributed by atoms with Crippen LogP contribution in [0.3, 0.4) is 0 Å². The quantitative estimate of drug-likeness (QED) is 0.580. The highest BCUT2D eigenvalue weighted by atomic mass is 35.5. The van der Waals surface area contributed by atoms with Crippen LogP contribution >= 0.6 is 11.6 Å². The van der Waals surface area contributed by atoms with Crippen molar-refractivity contribution in [1.29, 1.82) is 0 Å². The number of benzene rings is 1. The number of halogens is 1. The summed E-state index contributed by atoms with van der Waals surface area (Å²) in [4.78, 5) is 31.3. The molecule has 0 spiro atoms. The molecule has 0 aliphatic carbocycles. The summed E-state index contributed by atoms with van der Waals surface area (Å²) in [6.07, 6.45) is 4.50. The number of aromatic nitrogens is 4. The standard InChI is InChI=1S/C19H24ClN5O2/c1-3-4-5-8-11-21-18-22-16-15(17(26)23-19(27)24(16)2)25(18)12-13-9-6-7-10-14(13)20/h6-7,9-10H,3-5,8,11-12H2,1-2H3,(H,21,22)(H,23,26,27). The minimum Gasteiger partial charge on any atom is -0.356 e. The van der Waals surface area contributed by atoms with Gasteiger partial charge in [0, 0.05) is 18.6 Å². The second-order valence-corrected chi connectivity index (χ2v) is 7.00. The van der Waals surface area contributed by atoms with E-state index in [9.17, 15) is 9.59 Å².